The molecule has 1 aromatic rings. The van der Waals surface area contributed by atoms with Gasteiger partial charge in [0, 0.05) is 12.6 Å². The van der Waals surface area contributed by atoms with Gasteiger partial charge in [0.25, 0.3) is 0 Å². The molecule has 1 aromatic carbocycles. The smallest absolute Gasteiger partial charge is 0.0997 e. The number of unbranched alkanes of at least 4 members (excludes halogenated alkanes) is 1. The minimum absolute atomic E-state index is 0.606. The fourth-order valence-corrected chi connectivity index (χ4v) is 1.01. The summed E-state index contributed by atoms with van der Waals surface area (Å²) in [4.78, 5) is 4.21. The molecular formula is C13H15N. The van der Waals surface area contributed by atoms with Crippen molar-refractivity contribution in [1.82, 2.24) is 0 Å². The number of nitrogens with zero attached hydrogens (tertiary/aromatic N) is 1. The molecule has 0 saturated carbocycles. The summed E-state index contributed by atoms with van der Waals surface area (Å²) in [5.41, 5.74) is 1.13. The third-order valence-electron chi connectivity index (χ3n) is 1.71. The maximum Gasteiger partial charge on any atom is 0.0997 e. The van der Waals surface area contributed by atoms with Crippen LogP contribution >= 0.6 is 0 Å². The molecule has 0 unspecified atom stereocenters. The van der Waals surface area contributed by atoms with Crippen molar-refractivity contribution < 1.29 is 0 Å². The van der Waals surface area contributed by atoms with Gasteiger partial charge in [0.15, 0.2) is 0 Å². The molecule has 0 radical (unpaired) electrons. The first-order valence-electron chi connectivity index (χ1n) is 4.94. The lowest BCUT2D eigenvalue weighted by Gasteiger charge is -1.88. The van der Waals surface area contributed by atoms with Gasteiger partial charge in [-0.3, -0.25) is 4.99 Å². The summed E-state index contributed by atoms with van der Waals surface area (Å²) in [6.07, 6.45) is 3.96. The number of aliphatic imine (C=N–C) groups is 1. The van der Waals surface area contributed by atoms with Crippen molar-refractivity contribution in [2.45, 2.75) is 19.8 Å². The Morgan fingerprint density at radius 3 is 2.71 bits per heavy atom. The fourth-order valence-electron chi connectivity index (χ4n) is 1.01. The zero-order valence-corrected chi connectivity index (χ0v) is 8.53. The first kappa shape index (κ1) is 10.5. The predicted octanol–water partition coefficient (Wildman–Crippen LogP) is 2.91. The van der Waals surface area contributed by atoms with E-state index >= 15 is 0 Å². The van der Waals surface area contributed by atoms with Crippen molar-refractivity contribution in [3.8, 4) is 11.8 Å². The molecule has 1 rings (SSSR count). The van der Waals surface area contributed by atoms with Crippen molar-refractivity contribution in [3.63, 3.8) is 0 Å². The highest BCUT2D eigenvalue weighted by atomic mass is 14.7. The Labute approximate surface area is 85.9 Å². The Kier molecular flexibility index (Phi) is 5.20. The summed E-state index contributed by atoms with van der Waals surface area (Å²) in [6, 6.07) is 10.1. The molecule has 0 aromatic heterocycles. The maximum absolute atomic E-state index is 4.21. The first-order valence-corrected chi connectivity index (χ1v) is 4.94. The number of benzene rings is 1. The monoisotopic (exact) mass is 185 g/mol. The van der Waals surface area contributed by atoms with Crippen LogP contribution in [0.1, 0.15) is 25.3 Å². The van der Waals surface area contributed by atoms with Crippen LogP contribution in [0, 0.1) is 11.8 Å². The molecule has 0 N–H and O–H groups in total. The van der Waals surface area contributed by atoms with Crippen molar-refractivity contribution in [2.24, 2.45) is 4.99 Å². The summed E-state index contributed by atoms with van der Waals surface area (Å²) < 4.78 is 0. The molecule has 0 spiro atoms. The van der Waals surface area contributed by atoms with Gasteiger partial charge in [-0.05, 0) is 12.0 Å². The molecule has 0 saturated heterocycles. The number of hydrogen-bond acceptors (Lipinski definition) is 1. The lowest BCUT2D eigenvalue weighted by Crippen LogP contribution is -1.81. The van der Waals surface area contributed by atoms with Crippen LogP contribution in [0.3, 0.4) is 0 Å². The average molecular weight is 185 g/mol. The Morgan fingerprint density at radius 2 is 2.00 bits per heavy atom. The minimum Gasteiger partial charge on any atom is -0.280 e. The molecule has 0 bridgehead atoms. The summed E-state index contributed by atoms with van der Waals surface area (Å²) in [5.74, 6) is 6.07. The maximum atomic E-state index is 4.21. The summed E-state index contributed by atoms with van der Waals surface area (Å²) in [6.45, 7) is 2.73. The largest absolute Gasteiger partial charge is 0.280 e. The van der Waals surface area contributed by atoms with E-state index in [0.29, 0.717) is 6.54 Å². The topological polar surface area (TPSA) is 12.4 Å². The first-order chi connectivity index (χ1) is 6.93. The van der Waals surface area contributed by atoms with Crippen LogP contribution in [0.5, 0.6) is 0 Å². The SMILES string of the molecule is CCCC#CC/N=C/c1ccccc1. The van der Waals surface area contributed by atoms with Crippen molar-refractivity contribution in [1.29, 1.82) is 0 Å². The van der Waals surface area contributed by atoms with Crippen LogP contribution in [-0.2, 0) is 0 Å². The van der Waals surface area contributed by atoms with Gasteiger partial charge in [-0.2, -0.15) is 0 Å². The van der Waals surface area contributed by atoms with Gasteiger partial charge in [0.05, 0.1) is 6.54 Å². The highest BCUT2D eigenvalue weighted by molar-refractivity contribution is 5.79. The Bertz CT molecular complexity index is 327. The molecule has 0 amide bonds. The van der Waals surface area contributed by atoms with E-state index in [1.54, 1.807) is 0 Å². The highest BCUT2D eigenvalue weighted by Crippen LogP contribution is 1.93. The number of rotatable bonds is 3. The fraction of sp³-hybridized carbons (Fsp3) is 0.308. The lowest BCUT2D eigenvalue weighted by atomic mass is 10.2. The van der Waals surface area contributed by atoms with E-state index in [4.69, 9.17) is 0 Å². The molecule has 14 heavy (non-hydrogen) atoms. The molecule has 0 atom stereocenters. The number of hydrogen-bond donors (Lipinski definition) is 0. The van der Waals surface area contributed by atoms with Gasteiger partial charge < -0.3 is 0 Å². The van der Waals surface area contributed by atoms with E-state index in [0.717, 1.165) is 18.4 Å². The van der Waals surface area contributed by atoms with E-state index < -0.39 is 0 Å². The third kappa shape index (κ3) is 4.47. The van der Waals surface area contributed by atoms with Gasteiger partial charge in [-0.25, -0.2) is 0 Å². The molecule has 0 aliphatic heterocycles. The van der Waals surface area contributed by atoms with E-state index in [-0.39, 0.29) is 0 Å². The average Bonchev–Trinajstić information content (AvgIpc) is 2.25. The van der Waals surface area contributed by atoms with Crippen LogP contribution in [-0.4, -0.2) is 12.8 Å². The predicted molar refractivity (Wildman–Crippen MR) is 61.6 cm³/mol. The van der Waals surface area contributed by atoms with Crippen molar-refractivity contribution in [3.05, 3.63) is 35.9 Å². The molecule has 0 aliphatic carbocycles. The lowest BCUT2D eigenvalue weighted by molar-refractivity contribution is 0.982. The van der Waals surface area contributed by atoms with Crippen LogP contribution in [0.4, 0.5) is 0 Å². The minimum atomic E-state index is 0.606. The van der Waals surface area contributed by atoms with E-state index in [2.05, 4.69) is 23.8 Å². The standard InChI is InChI=1S/C13H15N/c1-2-3-4-8-11-14-12-13-9-6-5-7-10-13/h5-7,9-10,12H,2-3,11H2,1H3/b14-12+. The molecule has 72 valence electrons. The quantitative estimate of drug-likeness (QED) is 0.507. The Morgan fingerprint density at radius 1 is 1.21 bits per heavy atom. The van der Waals surface area contributed by atoms with Gasteiger partial charge in [-0.15, -0.1) is 5.92 Å². The summed E-state index contributed by atoms with van der Waals surface area (Å²) >= 11 is 0. The summed E-state index contributed by atoms with van der Waals surface area (Å²) in [7, 11) is 0. The van der Waals surface area contributed by atoms with Crippen LogP contribution in [0.15, 0.2) is 35.3 Å². The molecular weight excluding hydrogens is 170 g/mol. The van der Waals surface area contributed by atoms with E-state index in [1.165, 1.54) is 0 Å². The van der Waals surface area contributed by atoms with Crippen molar-refractivity contribution >= 4 is 6.21 Å². The second-order valence-corrected chi connectivity index (χ2v) is 2.98. The zero-order chi connectivity index (χ0) is 10.1. The van der Waals surface area contributed by atoms with Gasteiger partial charge in [0.2, 0.25) is 0 Å². The second kappa shape index (κ2) is 6.91. The van der Waals surface area contributed by atoms with Gasteiger partial charge in [0.1, 0.15) is 0 Å². The van der Waals surface area contributed by atoms with Crippen molar-refractivity contribution in [2.75, 3.05) is 6.54 Å². The Hall–Kier alpha value is -1.55. The highest BCUT2D eigenvalue weighted by Gasteiger charge is 1.81. The van der Waals surface area contributed by atoms with Gasteiger partial charge in [-0.1, -0.05) is 43.2 Å². The van der Waals surface area contributed by atoms with E-state index in [1.807, 2.05) is 36.5 Å². The Balaban J connectivity index is 2.32. The normalized spacial score (nSPS) is 9.79. The third-order valence-corrected chi connectivity index (χ3v) is 1.71. The zero-order valence-electron chi connectivity index (χ0n) is 8.53. The van der Waals surface area contributed by atoms with Gasteiger partial charge >= 0.3 is 0 Å². The summed E-state index contributed by atoms with van der Waals surface area (Å²) in [5, 5.41) is 0. The van der Waals surface area contributed by atoms with Crippen LogP contribution in [0.2, 0.25) is 0 Å². The second-order valence-electron chi connectivity index (χ2n) is 2.98. The molecule has 0 aliphatic rings. The molecule has 0 heterocycles. The van der Waals surface area contributed by atoms with Crippen LogP contribution in [0.25, 0.3) is 0 Å². The molecule has 1 heteroatoms. The van der Waals surface area contributed by atoms with E-state index in [9.17, 15) is 0 Å². The molecule has 1 nitrogen and oxygen atoms in total. The van der Waals surface area contributed by atoms with Crippen LogP contribution < -0.4 is 0 Å². The molecule has 0 fully saturated rings.